The number of carbonyl (C=O) groups is 1. The highest BCUT2D eigenvalue weighted by Gasteiger charge is 2.23. The molecule has 0 radical (unpaired) electrons. The van der Waals surface area contributed by atoms with Gasteiger partial charge in [-0.15, -0.1) is 0 Å². The average molecular weight is 424 g/mol. The molecule has 2 aromatic heterocycles. The van der Waals surface area contributed by atoms with Crippen molar-refractivity contribution in [2.45, 2.75) is 25.3 Å². The molecule has 3 aromatic rings. The fraction of sp³-hybridized carbons (Fsp3) is 0.273. The zero-order valence-electron chi connectivity index (χ0n) is 16.8. The van der Waals surface area contributed by atoms with Crippen molar-refractivity contribution < 1.29 is 13.6 Å². The van der Waals surface area contributed by atoms with Gasteiger partial charge >= 0.3 is 0 Å². The predicted octanol–water partition coefficient (Wildman–Crippen LogP) is 2.75. The second-order valence-corrected chi connectivity index (χ2v) is 7.55. The highest BCUT2D eigenvalue weighted by atomic mass is 19.1. The molecular formula is C22H22F2N6O. The number of rotatable bonds is 5. The molecule has 1 atom stereocenters. The Morgan fingerprint density at radius 1 is 1.19 bits per heavy atom. The Labute approximate surface area is 178 Å². The third-order valence-electron chi connectivity index (χ3n) is 5.29. The number of halogens is 2. The van der Waals surface area contributed by atoms with Gasteiger partial charge < -0.3 is 16.4 Å². The van der Waals surface area contributed by atoms with Gasteiger partial charge in [0.25, 0.3) is 0 Å². The Bertz CT molecular complexity index is 1100. The van der Waals surface area contributed by atoms with E-state index in [2.05, 4.69) is 19.9 Å². The van der Waals surface area contributed by atoms with Gasteiger partial charge in [0.05, 0.1) is 17.4 Å². The molecule has 0 aliphatic carbocycles. The molecule has 160 valence electrons. The third kappa shape index (κ3) is 4.36. The van der Waals surface area contributed by atoms with E-state index in [0.717, 1.165) is 37.2 Å². The van der Waals surface area contributed by atoms with E-state index in [1.807, 2.05) is 6.07 Å². The number of nitrogen functional groups attached to an aromatic ring is 1. The van der Waals surface area contributed by atoms with Crippen LogP contribution in [-0.2, 0) is 6.42 Å². The minimum Gasteiger partial charge on any atom is -0.396 e. The Balaban J connectivity index is 1.65. The molecule has 1 saturated heterocycles. The quantitative estimate of drug-likeness (QED) is 0.606. The first-order valence-corrected chi connectivity index (χ1v) is 9.97. The highest BCUT2D eigenvalue weighted by Crippen LogP contribution is 2.27. The molecule has 9 heteroatoms. The van der Waals surface area contributed by atoms with Crippen LogP contribution in [0.4, 0.5) is 20.2 Å². The molecule has 0 spiro atoms. The number of hydrogen-bond acceptors (Lipinski definition) is 7. The van der Waals surface area contributed by atoms with E-state index in [-0.39, 0.29) is 29.7 Å². The number of pyridine rings is 1. The molecule has 0 amide bonds. The predicted molar refractivity (Wildman–Crippen MR) is 113 cm³/mol. The van der Waals surface area contributed by atoms with E-state index < -0.39 is 23.0 Å². The zero-order chi connectivity index (χ0) is 22.0. The van der Waals surface area contributed by atoms with Crippen LogP contribution in [0.3, 0.4) is 0 Å². The summed E-state index contributed by atoms with van der Waals surface area (Å²) in [7, 11) is 0. The first-order valence-electron chi connectivity index (χ1n) is 9.97. The SMILES string of the molecule is Nc1cnc(-c2c(F)cccc2F)nc1C(=O)Cc1cnccc1N1CCC[C@H](N)C1. The number of carbonyl (C=O) groups excluding carboxylic acids is 1. The number of piperidine rings is 1. The van der Waals surface area contributed by atoms with Crippen LogP contribution in [0.2, 0.25) is 0 Å². The number of ketones is 1. The number of benzene rings is 1. The second kappa shape index (κ2) is 8.73. The summed E-state index contributed by atoms with van der Waals surface area (Å²) in [5.74, 6) is -2.27. The molecule has 0 bridgehead atoms. The molecule has 0 saturated carbocycles. The maximum absolute atomic E-state index is 14.1. The van der Waals surface area contributed by atoms with Crippen LogP contribution in [0, 0.1) is 11.6 Å². The van der Waals surface area contributed by atoms with Gasteiger partial charge in [-0.05, 0) is 31.0 Å². The lowest BCUT2D eigenvalue weighted by atomic mass is 10.0. The van der Waals surface area contributed by atoms with Crippen LogP contribution in [0.1, 0.15) is 28.9 Å². The average Bonchev–Trinajstić information content (AvgIpc) is 2.75. The van der Waals surface area contributed by atoms with Gasteiger partial charge in [0.15, 0.2) is 11.6 Å². The summed E-state index contributed by atoms with van der Waals surface area (Å²) in [6, 6.07) is 5.37. The van der Waals surface area contributed by atoms with Crippen LogP contribution >= 0.6 is 0 Å². The fourth-order valence-electron chi connectivity index (χ4n) is 3.80. The third-order valence-corrected chi connectivity index (χ3v) is 5.29. The monoisotopic (exact) mass is 424 g/mol. The van der Waals surface area contributed by atoms with E-state index >= 15 is 0 Å². The smallest absolute Gasteiger partial charge is 0.187 e. The van der Waals surface area contributed by atoms with Crippen LogP contribution in [-0.4, -0.2) is 39.9 Å². The van der Waals surface area contributed by atoms with Crippen molar-refractivity contribution in [1.82, 2.24) is 15.0 Å². The highest BCUT2D eigenvalue weighted by molar-refractivity contribution is 6.00. The Morgan fingerprint density at radius 3 is 2.71 bits per heavy atom. The van der Waals surface area contributed by atoms with Crippen molar-refractivity contribution in [1.29, 1.82) is 0 Å². The molecule has 1 aliphatic heterocycles. The van der Waals surface area contributed by atoms with E-state index in [0.29, 0.717) is 12.1 Å². The summed E-state index contributed by atoms with van der Waals surface area (Å²) in [4.78, 5) is 27.4. The van der Waals surface area contributed by atoms with Crippen LogP contribution in [0.15, 0.2) is 42.9 Å². The molecule has 3 heterocycles. The maximum Gasteiger partial charge on any atom is 0.187 e. The number of aromatic nitrogens is 3. The molecule has 7 nitrogen and oxygen atoms in total. The Kier molecular flexibility index (Phi) is 5.85. The number of nitrogens with zero attached hydrogens (tertiary/aromatic N) is 4. The van der Waals surface area contributed by atoms with Gasteiger partial charge in [0, 0.05) is 49.2 Å². The van der Waals surface area contributed by atoms with E-state index in [9.17, 15) is 13.6 Å². The standard InChI is InChI=1S/C22H22F2N6O/c23-15-4-1-5-16(24)20(15)22-28-11-17(26)21(29-22)19(31)9-13-10-27-7-6-18(13)30-8-2-3-14(25)12-30/h1,4-7,10-11,14H,2-3,8-9,12,25-26H2/t14-/m0/s1. The van der Waals surface area contributed by atoms with Crippen molar-refractivity contribution >= 4 is 17.2 Å². The second-order valence-electron chi connectivity index (χ2n) is 7.55. The van der Waals surface area contributed by atoms with Crippen molar-refractivity contribution in [2.24, 2.45) is 5.73 Å². The summed E-state index contributed by atoms with van der Waals surface area (Å²) >= 11 is 0. The van der Waals surface area contributed by atoms with Crippen LogP contribution in [0.5, 0.6) is 0 Å². The van der Waals surface area contributed by atoms with E-state index in [4.69, 9.17) is 11.5 Å². The van der Waals surface area contributed by atoms with Gasteiger partial charge in [-0.3, -0.25) is 9.78 Å². The number of Topliss-reactive ketones (excluding diaryl/α,β-unsaturated/α-hetero) is 1. The normalized spacial score (nSPS) is 16.4. The summed E-state index contributed by atoms with van der Waals surface area (Å²) < 4.78 is 28.3. The topological polar surface area (TPSA) is 111 Å². The first-order chi connectivity index (χ1) is 14.9. The molecule has 1 fully saturated rings. The van der Waals surface area contributed by atoms with Crippen molar-refractivity contribution in [3.05, 3.63) is 65.7 Å². The van der Waals surface area contributed by atoms with Gasteiger partial charge in [-0.25, -0.2) is 18.7 Å². The Hall–Kier alpha value is -3.46. The maximum atomic E-state index is 14.1. The van der Waals surface area contributed by atoms with Crippen molar-refractivity contribution in [3.63, 3.8) is 0 Å². The van der Waals surface area contributed by atoms with Crippen molar-refractivity contribution in [2.75, 3.05) is 23.7 Å². The lowest BCUT2D eigenvalue weighted by Crippen LogP contribution is -2.43. The molecule has 4 N–H and O–H groups in total. The fourth-order valence-corrected chi connectivity index (χ4v) is 3.80. The van der Waals surface area contributed by atoms with Gasteiger partial charge in [0.1, 0.15) is 17.3 Å². The minimum absolute atomic E-state index is 0.0185. The minimum atomic E-state index is -0.820. The molecule has 4 rings (SSSR count). The van der Waals surface area contributed by atoms with Crippen LogP contribution < -0.4 is 16.4 Å². The molecule has 1 aliphatic rings. The number of hydrogen-bond donors (Lipinski definition) is 2. The summed E-state index contributed by atoms with van der Waals surface area (Å²) in [6.45, 7) is 1.53. The summed E-state index contributed by atoms with van der Waals surface area (Å²) in [5.41, 5.74) is 13.2. The van der Waals surface area contributed by atoms with E-state index in [1.165, 1.54) is 12.3 Å². The van der Waals surface area contributed by atoms with Crippen molar-refractivity contribution in [3.8, 4) is 11.4 Å². The molecule has 31 heavy (non-hydrogen) atoms. The largest absolute Gasteiger partial charge is 0.396 e. The van der Waals surface area contributed by atoms with Gasteiger partial charge in [-0.2, -0.15) is 0 Å². The molecule has 1 aromatic carbocycles. The van der Waals surface area contributed by atoms with E-state index in [1.54, 1.807) is 12.4 Å². The van der Waals surface area contributed by atoms with Crippen LogP contribution in [0.25, 0.3) is 11.4 Å². The number of nitrogens with two attached hydrogens (primary N) is 2. The Morgan fingerprint density at radius 2 is 1.97 bits per heavy atom. The number of anilines is 2. The lowest BCUT2D eigenvalue weighted by Gasteiger charge is -2.33. The summed E-state index contributed by atoms with van der Waals surface area (Å²) in [5, 5.41) is 0. The first kappa shape index (κ1) is 20.8. The van der Waals surface area contributed by atoms with Gasteiger partial charge in [-0.1, -0.05) is 6.07 Å². The molecular weight excluding hydrogens is 402 g/mol. The lowest BCUT2D eigenvalue weighted by molar-refractivity contribution is 0.0989. The van der Waals surface area contributed by atoms with Gasteiger partial charge in [0.2, 0.25) is 0 Å². The molecule has 0 unspecified atom stereocenters. The zero-order valence-corrected chi connectivity index (χ0v) is 16.8. The summed E-state index contributed by atoms with van der Waals surface area (Å²) in [6.07, 6.45) is 6.39.